The summed E-state index contributed by atoms with van der Waals surface area (Å²) in [7, 11) is 0. The van der Waals surface area contributed by atoms with Crippen molar-refractivity contribution in [2.24, 2.45) is 11.8 Å². The first-order chi connectivity index (χ1) is 6.33. The molecule has 0 bridgehead atoms. The lowest BCUT2D eigenvalue weighted by molar-refractivity contribution is 0.178. The van der Waals surface area contributed by atoms with Crippen molar-refractivity contribution in [1.82, 2.24) is 5.01 Å². The highest BCUT2D eigenvalue weighted by atomic mass is 15.4. The van der Waals surface area contributed by atoms with E-state index in [9.17, 15) is 0 Å². The number of hydrogen-bond acceptors (Lipinski definition) is 2. The monoisotopic (exact) mass is 186 g/mol. The van der Waals surface area contributed by atoms with Gasteiger partial charge in [-0.25, -0.2) is 5.01 Å². The van der Waals surface area contributed by atoms with Crippen molar-refractivity contribution in [2.75, 3.05) is 13.1 Å². The standard InChI is InChI=1S/C9H20N2.C2H6/c1-2-3-7-11(10)8-9-5-4-6-9;1-2/h9H,2-8,10H2,1H3;1-2H3. The smallest absolute Gasteiger partial charge is 0.0156 e. The molecule has 0 radical (unpaired) electrons. The number of hydrogen-bond donors (Lipinski definition) is 1. The highest BCUT2D eigenvalue weighted by Gasteiger charge is 2.18. The summed E-state index contributed by atoms with van der Waals surface area (Å²) in [4.78, 5) is 0. The molecule has 0 aliphatic heterocycles. The molecule has 2 nitrogen and oxygen atoms in total. The minimum atomic E-state index is 0.914. The van der Waals surface area contributed by atoms with Gasteiger partial charge in [-0.2, -0.15) is 0 Å². The summed E-state index contributed by atoms with van der Waals surface area (Å²) in [5.74, 6) is 6.72. The Morgan fingerprint density at radius 1 is 1.31 bits per heavy atom. The second-order valence-electron chi connectivity index (χ2n) is 3.65. The molecule has 1 aliphatic carbocycles. The van der Waals surface area contributed by atoms with Crippen LogP contribution in [0.5, 0.6) is 0 Å². The van der Waals surface area contributed by atoms with E-state index in [0.29, 0.717) is 0 Å². The topological polar surface area (TPSA) is 29.3 Å². The van der Waals surface area contributed by atoms with Crippen LogP contribution in [0.25, 0.3) is 0 Å². The van der Waals surface area contributed by atoms with E-state index >= 15 is 0 Å². The van der Waals surface area contributed by atoms with E-state index in [1.165, 1.54) is 32.1 Å². The minimum Gasteiger partial charge on any atom is -0.269 e. The second kappa shape index (κ2) is 8.52. The summed E-state index contributed by atoms with van der Waals surface area (Å²) in [6.45, 7) is 8.41. The molecule has 0 amide bonds. The molecule has 0 aromatic rings. The fourth-order valence-corrected chi connectivity index (χ4v) is 1.46. The van der Waals surface area contributed by atoms with Gasteiger partial charge < -0.3 is 0 Å². The quantitative estimate of drug-likeness (QED) is 0.528. The second-order valence-corrected chi connectivity index (χ2v) is 3.65. The van der Waals surface area contributed by atoms with Crippen molar-refractivity contribution in [3.63, 3.8) is 0 Å². The molecule has 0 aromatic carbocycles. The van der Waals surface area contributed by atoms with Gasteiger partial charge >= 0.3 is 0 Å². The van der Waals surface area contributed by atoms with Crippen LogP contribution in [0.4, 0.5) is 0 Å². The summed E-state index contributed by atoms with van der Waals surface area (Å²) in [5, 5.41) is 1.99. The molecule has 0 atom stereocenters. The van der Waals surface area contributed by atoms with Gasteiger partial charge in [-0.05, 0) is 25.2 Å². The van der Waals surface area contributed by atoms with Crippen LogP contribution in [0.3, 0.4) is 0 Å². The van der Waals surface area contributed by atoms with Crippen LogP contribution in [0, 0.1) is 5.92 Å². The molecule has 1 rings (SSSR count). The maximum absolute atomic E-state index is 5.80. The molecule has 0 saturated heterocycles. The number of hydrazine groups is 1. The SMILES string of the molecule is CC.CCCCN(N)CC1CCC1. The van der Waals surface area contributed by atoms with Crippen LogP contribution in [0.1, 0.15) is 52.9 Å². The molecule has 0 heterocycles. The first-order valence-electron chi connectivity index (χ1n) is 5.82. The van der Waals surface area contributed by atoms with E-state index in [2.05, 4.69) is 6.92 Å². The fraction of sp³-hybridized carbons (Fsp3) is 1.00. The number of nitrogens with zero attached hydrogens (tertiary/aromatic N) is 1. The zero-order chi connectivity index (χ0) is 10.1. The zero-order valence-electron chi connectivity index (χ0n) is 9.55. The normalized spacial score (nSPS) is 16.4. The molecule has 0 unspecified atom stereocenters. The van der Waals surface area contributed by atoms with E-state index in [1.807, 2.05) is 18.9 Å². The van der Waals surface area contributed by atoms with Crippen LogP contribution in [0.2, 0.25) is 0 Å². The largest absolute Gasteiger partial charge is 0.269 e. The third-order valence-corrected chi connectivity index (χ3v) is 2.52. The van der Waals surface area contributed by atoms with Crippen LogP contribution in [-0.4, -0.2) is 18.1 Å². The summed E-state index contributed by atoms with van der Waals surface area (Å²) >= 11 is 0. The van der Waals surface area contributed by atoms with E-state index < -0.39 is 0 Å². The Labute approximate surface area is 83.5 Å². The van der Waals surface area contributed by atoms with Crippen molar-refractivity contribution in [3.05, 3.63) is 0 Å². The van der Waals surface area contributed by atoms with Crippen molar-refractivity contribution in [1.29, 1.82) is 0 Å². The summed E-state index contributed by atoms with van der Waals surface area (Å²) in [6, 6.07) is 0. The third-order valence-electron chi connectivity index (χ3n) is 2.52. The fourth-order valence-electron chi connectivity index (χ4n) is 1.46. The molecule has 0 spiro atoms. The van der Waals surface area contributed by atoms with Gasteiger partial charge in [-0.1, -0.05) is 33.6 Å². The maximum Gasteiger partial charge on any atom is 0.0156 e. The Hall–Kier alpha value is -0.0800. The van der Waals surface area contributed by atoms with E-state index in [0.717, 1.165) is 19.0 Å². The van der Waals surface area contributed by atoms with Gasteiger partial charge in [0, 0.05) is 13.1 Å². The number of rotatable bonds is 5. The Kier molecular flexibility index (Phi) is 8.46. The first-order valence-corrected chi connectivity index (χ1v) is 5.82. The first kappa shape index (κ1) is 12.9. The van der Waals surface area contributed by atoms with Gasteiger partial charge in [0.15, 0.2) is 0 Å². The third kappa shape index (κ3) is 6.05. The lowest BCUT2D eigenvalue weighted by Crippen LogP contribution is -2.38. The van der Waals surface area contributed by atoms with Gasteiger partial charge in [0.1, 0.15) is 0 Å². The molecule has 2 heteroatoms. The van der Waals surface area contributed by atoms with Gasteiger partial charge in [0.25, 0.3) is 0 Å². The Balaban J connectivity index is 0.000000671. The van der Waals surface area contributed by atoms with E-state index in [4.69, 9.17) is 5.84 Å². The number of unbranched alkanes of at least 4 members (excludes halogenated alkanes) is 1. The molecule has 1 aliphatic rings. The van der Waals surface area contributed by atoms with Crippen LogP contribution in [0.15, 0.2) is 0 Å². The van der Waals surface area contributed by atoms with Crippen LogP contribution in [-0.2, 0) is 0 Å². The summed E-state index contributed by atoms with van der Waals surface area (Å²) < 4.78 is 0. The molecule has 80 valence electrons. The Bertz CT molecular complexity index is 100. The lowest BCUT2D eigenvalue weighted by Gasteiger charge is -2.29. The molecule has 1 fully saturated rings. The predicted octanol–water partition coefficient (Wildman–Crippen LogP) is 2.79. The van der Waals surface area contributed by atoms with Crippen molar-refractivity contribution in [3.8, 4) is 0 Å². The van der Waals surface area contributed by atoms with Gasteiger partial charge in [0.05, 0.1) is 0 Å². The average molecular weight is 186 g/mol. The molecule has 1 saturated carbocycles. The maximum atomic E-state index is 5.80. The summed E-state index contributed by atoms with van der Waals surface area (Å²) in [5.41, 5.74) is 0. The van der Waals surface area contributed by atoms with Crippen molar-refractivity contribution >= 4 is 0 Å². The highest BCUT2D eigenvalue weighted by molar-refractivity contribution is 4.71. The Morgan fingerprint density at radius 3 is 2.31 bits per heavy atom. The van der Waals surface area contributed by atoms with E-state index in [1.54, 1.807) is 0 Å². The van der Waals surface area contributed by atoms with E-state index in [-0.39, 0.29) is 0 Å². The molecular formula is C11H26N2. The van der Waals surface area contributed by atoms with Crippen molar-refractivity contribution < 1.29 is 0 Å². The van der Waals surface area contributed by atoms with Gasteiger partial charge in [0.2, 0.25) is 0 Å². The predicted molar refractivity (Wildman–Crippen MR) is 59.4 cm³/mol. The number of nitrogens with two attached hydrogens (primary N) is 1. The van der Waals surface area contributed by atoms with Crippen LogP contribution >= 0.6 is 0 Å². The molecule has 2 N–H and O–H groups in total. The minimum absolute atomic E-state index is 0.914. The Morgan fingerprint density at radius 2 is 1.92 bits per heavy atom. The average Bonchev–Trinajstić information content (AvgIpc) is 2.11. The van der Waals surface area contributed by atoms with Crippen molar-refractivity contribution in [2.45, 2.75) is 52.9 Å². The molecular weight excluding hydrogens is 160 g/mol. The highest BCUT2D eigenvalue weighted by Crippen LogP contribution is 2.26. The zero-order valence-corrected chi connectivity index (χ0v) is 9.55. The summed E-state index contributed by atoms with van der Waals surface area (Å²) in [6.07, 6.45) is 6.72. The molecule has 0 aromatic heterocycles. The van der Waals surface area contributed by atoms with Crippen LogP contribution < -0.4 is 5.84 Å². The van der Waals surface area contributed by atoms with Gasteiger partial charge in [-0.3, -0.25) is 5.84 Å². The van der Waals surface area contributed by atoms with Gasteiger partial charge in [-0.15, -0.1) is 0 Å². The molecule has 13 heavy (non-hydrogen) atoms. The lowest BCUT2D eigenvalue weighted by atomic mass is 9.85.